The molecule has 6 heteroatoms. The zero-order valence-electron chi connectivity index (χ0n) is 16.6. The van der Waals surface area contributed by atoms with E-state index >= 15 is 0 Å². The van der Waals surface area contributed by atoms with Crippen LogP contribution in [0.3, 0.4) is 0 Å². The second-order valence-electron chi connectivity index (χ2n) is 7.50. The van der Waals surface area contributed by atoms with Gasteiger partial charge >= 0.3 is 0 Å². The lowest BCUT2D eigenvalue weighted by molar-refractivity contribution is 0.121. The third-order valence-corrected chi connectivity index (χ3v) is 6.00. The van der Waals surface area contributed by atoms with Crippen molar-refractivity contribution in [3.63, 3.8) is 0 Å². The van der Waals surface area contributed by atoms with E-state index in [0.717, 1.165) is 61.3 Å². The summed E-state index contributed by atoms with van der Waals surface area (Å²) in [6.45, 7) is 8.15. The minimum atomic E-state index is 0.720. The lowest BCUT2D eigenvalue weighted by Crippen LogP contribution is -2.45. The van der Waals surface area contributed by atoms with Gasteiger partial charge in [-0.25, -0.2) is 4.98 Å². The molecule has 1 aliphatic rings. The molecular formula is C23H25N5S. The fourth-order valence-corrected chi connectivity index (χ4v) is 4.20. The fourth-order valence-electron chi connectivity index (χ4n) is 3.47. The molecule has 2 aromatic carbocycles. The molecule has 0 bridgehead atoms. The third-order valence-electron chi connectivity index (χ3n) is 5.19. The van der Waals surface area contributed by atoms with Crippen LogP contribution in [-0.4, -0.2) is 41.0 Å². The van der Waals surface area contributed by atoms with Gasteiger partial charge in [0.15, 0.2) is 5.13 Å². The lowest BCUT2D eigenvalue weighted by Gasteiger charge is -2.34. The Kier molecular flexibility index (Phi) is 6.20. The number of rotatable bonds is 6. The summed E-state index contributed by atoms with van der Waals surface area (Å²) >= 11 is 1.66. The number of aromatic nitrogens is 1. The zero-order chi connectivity index (χ0) is 20.1. The Morgan fingerprint density at radius 2 is 1.62 bits per heavy atom. The average molecular weight is 404 g/mol. The van der Waals surface area contributed by atoms with Gasteiger partial charge in [-0.1, -0.05) is 29.8 Å². The van der Waals surface area contributed by atoms with Crippen molar-refractivity contribution in [3.05, 3.63) is 76.3 Å². The largest absolute Gasteiger partial charge is 0.332 e. The van der Waals surface area contributed by atoms with Gasteiger partial charge in [0.05, 0.1) is 17.3 Å². The first-order valence-corrected chi connectivity index (χ1v) is 10.8. The molecule has 2 heterocycles. The SMILES string of the molecule is Cc1ccc(Nc2nc(CN3CCN(Cc4ccc(C#N)cc4)CC3)cs2)cc1. The molecule has 0 aliphatic carbocycles. The molecule has 1 fully saturated rings. The van der Waals surface area contributed by atoms with Gasteiger partial charge in [-0.05, 0) is 36.8 Å². The maximum absolute atomic E-state index is 8.91. The van der Waals surface area contributed by atoms with Gasteiger partial charge < -0.3 is 5.32 Å². The smallest absolute Gasteiger partial charge is 0.187 e. The molecule has 0 saturated carbocycles. The molecule has 29 heavy (non-hydrogen) atoms. The van der Waals surface area contributed by atoms with Crippen LogP contribution in [0.15, 0.2) is 53.9 Å². The number of nitrogens with zero attached hydrogens (tertiary/aromatic N) is 4. The average Bonchev–Trinajstić information content (AvgIpc) is 3.18. The summed E-state index contributed by atoms with van der Waals surface area (Å²) in [4.78, 5) is 9.70. The van der Waals surface area contributed by atoms with Gasteiger partial charge in [-0.2, -0.15) is 5.26 Å². The molecule has 1 saturated heterocycles. The quantitative estimate of drug-likeness (QED) is 0.662. The Balaban J connectivity index is 1.25. The van der Waals surface area contributed by atoms with E-state index < -0.39 is 0 Å². The van der Waals surface area contributed by atoms with Crippen LogP contribution >= 0.6 is 11.3 Å². The van der Waals surface area contributed by atoms with Crippen LogP contribution in [0.25, 0.3) is 0 Å². The summed E-state index contributed by atoms with van der Waals surface area (Å²) < 4.78 is 0. The highest BCUT2D eigenvalue weighted by molar-refractivity contribution is 7.13. The summed E-state index contributed by atoms with van der Waals surface area (Å²) in [5, 5.41) is 15.4. The molecule has 1 aromatic heterocycles. The predicted octanol–water partition coefficient (Wildman–Crippen LogP) is 4.38. The fraction of sp³-hybridized carbons (Fsp3) is 0.304. The maximum Gasteiger partial charge on any atom is 0.187 e. The number of aryl methyl sites for hydroxylation is 1. The summed E-state index contributed by atoms with van der Waals surface area (Å²) in [6.07, 6.45) is 0. The van der Waals surface area contributed by atoms with E-state index in [9.17, 15) is 0 Å². The summed E-state index contributed by atoms with van der Waals surface area (Å²) in [5.41, 5.74) is 5.45. The van der Waals surface area contributed by atoms with E-state index in [1.165, 1.54) is 11.1 Å². The van der Waals surface area contributed by atoms with Gasteiger partial charge in [0.1, 0.15) is 0 Å². The highest BCUT2D eigenvalue weighted by atomic mass is 32.1. The molecule has 4 rings (SSSR count). The van der Waals surface area contributed by atoms with Crippen LogP contribution in [0.5, 0.6) is 0 Å². The van der Waals surface area contributed by atoms with Gasteiger partial charge in [-0.3, -0.25) is 9.80 Å². The van der Waals surface area contributed by atoms with Gasteiger partial charge in [0, 0.05) is 50.3 Å². The van der Waals surface area contributed by atoms with Crippen molar-refractivity contribution in [2.75, 3.05) is 31.5 Å². The van der Waals surface area contributed by atoms with Crippen LogP contribution in [0.2, 0.25) is 0 Å². The van der Waals surface area contributed by atoms with Crippen LogP contribution in [0, 0.1) is 18.3 Å². The number of anilines is 2. The Hall–Kier alpha value is -2.72. The number of nitriles is 1. The number of hydrogen-bond acceptors (Lipinski definition) is 6. The Morgan fingerprint density at radius 1 is 0.966 bits per heavy atom. The Morgan fingerprint density at radius 3 is 2.28 bits per heavy atom. The van der Waals surface area contributed by atoms with Crippen LogP contribution in [0.4, 0.5) is 10.8 Å². The first-order chi connectivity index (χ1) is 14.2. The van der Waals surface area contributed by atoms with E-state index in [0.29, 0.717) is 0 Å². The second-order valence-corrected chi connectivity index (χ2v) is 8.35. The highest BCUT2D eigenvalue weighted by Crippen LogP contribution is 2.22. The molecule has 0 amide bonds. The normalized spacial score (nSPS) is 15.2. The van der Waals surface area contributed by atoms with Crippen molar-refractivity contribution in [1.82, 2.24) is 14.8 Å². The molecule has 1 N–H and O–H groups in total. The maximum atomic E-state index is 8.91. The Bertz CT molecular complexity index is 964. The topological polar surface area (TPSA) is 55.2 Å². The minimum Gasteiger partial charge on any atom is -0.332 e. The molecule has 148 valence electrons. The molecular weight excluding hydrogens is 378 g/mol. The summed E-state index contributed by atoms with van der Waals surface area (Å²) in [5.74, 6) is 0. The zero-order valence-corrected chi connectivity index (χ0v) is 17.5. The molecule has 0 spiro atoms. The van der Waals surface area contributed by atoms with Crippen molar-refractivity contribution in [2.45, 2.75) is 20.0 Å². The number of nitrogens with one attached hydrogen (secondary N) is 1. The predicted molar refractivity (Wildman–Crippen MR) is 118 cm³/mol. The van der Waals surface area contributed by atoms with Crippen LogP contribution in [-0.2, 0) is 13.1 Å². The molecule has 0 unspecified atom stereocenters. The Labute approximate surface area is 176 Å². The highest BCUT2D eigenvalue weighted by Gasteiger charge is 2.18. The molecule has 3 aromatic rings. The number of benzene rings is 2. The van der Waals surface area contributed by atoms with E-state index in [-0.39, 0.29) is 0 Å². The molecule has 0 radical (unpaired) electrons. The molecule has 0 atom stereocenters. The van der Waals surface area contributed by atoms with Crippen molar-refractivity contribution in [2.24, 2.45) is 0 Å². The molecule has 5 nitrogen and oxygen atoms in total. The van der Waals surface area contributed by atoms with Gasteiger partial charge in [0.2, 0.25) is 0 Å². The van der Waals surface area contributed by atoms with Crippen LogP contribution < -0.4 is 5.32 Å². The monoisotopic (exact) mass is 403 g/mol. The van der Waals surface area contributed by atoms with Crippen LogP contribution in [0.1, 0.15) is 22.4 Å². The van der Waals surface area contributed by atoms with E-state index in [1.807, 2.05) is 12.1 Å². The number of hydrogen-bond donors (Lipinski definition) is 1. The summed E-state index contributed by atoms with van der Waals surface area (Å²) in [7, 11) is 0. The first kappa shape index (κ1) is 19.6. The lowest BCUT2D eigenvalue weighted by atomic mass is 10.1. The van der Waals surface area contributed by atoms with E-state index in [1.54, 1.807) is 11.3 Å². The van der Waals surface area contributed by atoms with Crippen molar-refractivity contribution < 1.29 is 0 Å². The van der Waals surface area contributed by atoms with Crippen molar-refractivity contribution >= 4 is 22.2 Å². The standard InChI is InChI=1S/C23H25N5S/c1-18-2-8-21(9-3-18)25-23-26-22(17-29-23)16-28-12-10-27(11-13-28)15-20-6-4-19(14-24)5-7-20/h2-9,17H,10-13,15-16H2,1H3,(H,25,26). The van der Waals surface area contributed by atoms with E-state index in [2.05, 4.69) is 69.9 Å². The number of piperazine rings is 1. The van der Waals surface area contributed by atoms with Crippen molar-refractivity contribution in [3.8, 4) is 6.07 Å². The first-order valence-electron chi connectivity index (χ1n) is 9.90. The van der Waals surface area contributed by atoms with Gasteiger partial charge in [-0.15, -0.1) is 11.3 Å². The summed E-state index contributed by atoms with van der Waals surface area (Å²) in [6, 6.07) is 18.5. The second kappa shape index (κ2) is 9.19. The number of thiazole rings is 1. The van der Waals surface area contributed by atoms with E-state index in [4.69, 9.17) is 10.2 Å². The third kappa shape index (κ3) is 5.42. The minimum absolute atomic E-state index is 0.720. The molecule has 1 aliphatic heterocycles. The van der Waals surface area contributed by atoms with Gasteiger partial charge in [0.25, 0.3) is 0 Å². The van der Waals surface area contributed by atoms with Crippen molar-refractivity contribution in [1.29, 1.82) is 5.26 Å².